The topological polar surface area (TPSA) is 78.7 Å². The molecule has 0 aliphatic rings. The highest BCUT2D eigenvalue weighted by Gasteiger charge is 2.10. The second kappa shape index (κ2) is 10.3. The molecule has 0 atom stereocenters. The molecule has 0 unspecified atom stereocenters. The molecule has 0 saturated heterocycles. The molecule has 1 aromatic carbocycles. The predicted molar refractivity (Wildman–Crippen MR) is 112 cm³/mol. The van der Waals surface area contributed by atoms with E-state index in [4.69, 9.17) is 4.42 Å². The second-order valence-corrected chi connectivity index (χ2v) is 5.94. The van der Waals surface area contributed by atoms with E-state index in [9.17, 15) is 4.79 Å². The lowest BCUT2D eigenvalue weighted by Crippen LogP contribution is -2.41. The summed E-state index contributed by atoms with van der Waals surface area (Å²) >= 11 is 0. The number of carbonyl (C=O) groups is 1. The number of hydrogen-bond donors (Lipinski definition) is 3. The molecule has 1 amide bonds. The van der Waals surface area contributed by atoms with E-state index < -0.39 is 0 Å². The van der Waals surface area contributed by atoms with Crippen molar-refractivity contribution in [3.8, 4) is 0 Å². The SMILES string of the molecule is CN=C(NCCNC(=O)C(C)C)NCc1oc2ccccc2c1C.I. The third-order valence-corrected chi connectivity index (χ3v) is 3.82. The zero-order valence-corrected chi connectivity index (χ0v) is 17.5. The van der Waals surface area contributed by atoms with E-state index in [2.05, 4.69) is 33.9 Å². The van der Waals surface area contributed by atoms with Crippen LogP contribution >= 0.6 is 24.0 Å². The molecule has 25 heavy (non-hydrogen) atoms. The Morgan fingerprint density at radius 1 is 1.16 bits per heavy atom. The van der Waals surface area contributed by atoms with Crippen LogP contribution in [0.3, 0.4) is 0 Å². The number of benzene rings is 1. The fourth-order valence-electron chi connectivity index (χ4n) is 2.35. The zero-order chi connectivity index (χ0) is 17.5. The lowest BCUT2D eigenvalue weighted by Gasteiger charge is -2.12. The molecule has 1 heterocycles. The van der Waals surface area contributed by atoms with Crippen molar-refractivity contribution in [3.05, 3.63) is 35.6 Å². The van der Waals surface area contributed by atoms with E-state index in [1.165, 1.54) is 0 Å². The first-order valence-corrected chi connectivity index (χ1v) is 8.22. The van der Waals surface area contributed by atoms with Crippen molar-refractivity contribution in [2.45, 2.75) is 27.3 Å². The van der Waals surface area contributed by atoms with Gasteiger partial charge < -0.3 is 20.4 Å². The summed E-state index contributed by atoms with van der Waals surface area (Å²) in [6, 6.07) is 8.00. The van der Waals surface area contributed by atoms with Crippen LogP contribution in [0.5, 0.6) is 0 Å². The van der Waals surface area contributed by atoms with Crippen LogP contribution in [0.25, 0.3) is 11.0 Å². The number of amides is 1. The number of guanidine groups is 1. The van der Waals surface area contributed by atoms with E-state index in [1.54, 1.807) is 7.05 Å². The summed E-state index contributed by atoms with van der Waals surface area (Å²) in [6.07, 6.45) is 0. The van der Waals surface area contributed by atoms with Crippen molar-refractivity contribution in [2.75, 3.05) is 20.1 Å². The van der Waals surface area contributed by atoms with Crippen LogP contribution in [0.15, 0.2) is 33.7 Å². The first-order valence-electron chi connectivity index (χ1n) is 8.22. The van der Waals surface area contributed by atoms with Gasteiger partial charge >= 0.3 is 0 Å². The lowest BCUT2D eigenvalue weighted by molar-refractivity contribution is -0.123. The molecule has 2 aromatic rings. The molecule has 0 radical (unpaired) electrons. The van der Waals surface area contributed by atoms with Gasteiger partial charge in [-0.3, -0.25) is 9.79 Å². The first kappa shape index (κ1) is 21.3. The van der Waals surface area contributed by atoms with Gasteiger partial charge in [0.1, 0.15) is 11.3 Å². The van der Waals surface area contributed by atoms with E-state index in [1.807, 2.05) is 32.0 Å². The summed E-state index contributed by atoms with van der Waals surface area (Å²) in [6.45, 7) is 7.52. The highest BCUT2D eigenvalue weighted by Crippen LogP contribution is 2.24. The second-order valence-electron chi connectivity index (χ2n) is 5.94. The molecule has 7 heteroatoms. The quantitative estimate of drug-likeness (QED) is 0.269. The summed E-state index contributed by atoms with van der Waals surface area (Å²) in [5.41, 5.74) is 2.03. The van der Waals surface area contributed by atoms with Crippen molar-refractivity contribution >= 4 is 46.8 Å². The Labute approximate surface area is 165 Å². The van der Waals surface area contributed by atoms with Gasteiger partial charge in [0.05, 0.1) is 6.54 Å². The fourth-order valence-corrected chi connectivity index (χ4v) is 2.35. The van der Waals surface area contributed by atoms with Gasteiger partial charge in [0, 0.05) is 37.0 Å². The molecule has 3 N–H and O–H groups in total. The van der Waals surface area contributed by atoms with Crippen LogP contribution in [0.1, 0.15) is 25.2 Å². The smallest absolute Gasteiger partial charge is 0.222 e. The van der Waals surface area contributed by atoms with Crippen molar-refractivity contribution in [1.82, 2.24) is 16.0 Å². The summed E-state index contributed by atoms with van der Waals surface area (Å²) < 4.78 is 5.87. The van der Waals surface area contributed by atoms with E-state index >= 15 is 0 Å². The number of nitrogens with one attached hydrogen (secondary N) is 3. The summed E-state index contributed by atoms with van der Waals surface area (Å²) in [5.74, 6) is 1.62. The number of halogens is 1. The maximum atomic E-state index is 11.5. The Kier molecular flexibility index (Phi) is 8.74. The summed E-state index contributed by atoms with van der Waals surface area (Å²) in [4.78, 5) is 15.7. The van der Waals surface area contributed by atoms with Crippen molar-refractivity contribution < 1.29 is 9.21 Å². The minimum atomic E-state index is -0.00139. The third-order valence-electron chi connectivity index (χ3n) is 3.82. The molecule has 2 rings (SSSR count). The van der Waals surface area contributed by atoms with Gasteiger partial charge in [-0.05, 0) is 13.0 Å². The number of fused-ring (bicyclic) bond motifs is 1. The van der Waals surface area contributed by atoms with Crippen LogP contribution in [-0.4, -0.2) is 32.0 Å². The highest BCUT2D eigenvalue weighted by molar-refractivity contribution is 14.0. The Morgan fingerprint density at radius 2 is 1.84 bits per heavy atom. The van der Waals surface area contributed by atoms with Gasteiger partial charge in [0.15, 0.2) is 5.96 Å². The van der Waals surface area contributed by atoms with Gasteiger partial charge in [-0.2, -0.15) is 0 Å². The summed E-state index contributed by atoms with van der Waals surface area (Å²) in [5, 5.41) is 10.4. The number of aryl methyl sites for hydroxylation is 1. The minimum Gasteiger partial charge on any atom is -0.459 e. The molecule has 0 aliphatic heterocycles. The van der Waals surface area contributed by atoms with Gasteiger partial charge in [-0.25, -0.2) is 0 Å². The van der Waals surface area contributed by atoms with Gasteiger partial charge in [0.2, 0.25) is 5.91 Å². The van der Waals surface area contributed by atoms with E-state index in [0.717, 1.165) is 22.3 Å². The third kappa shape index (κ3) is 5.91. The predicted octanol–water partition coefficient (Wildman–Crippen LogP) is 2.80. The van der Waals surface area contributed by atoms with E-state index in [0.29, 0.717) is 25.6 Å². The highest BCUT2D eigenvalue weighted by atomic mass is 127. The summed E-state index contributed by atoms with van der Waals surface area (Å²) in [7, 11) is 1.72. The van der Waals surface area contributed by atoms with Gasteiger partial charge in [-0.1, -0.05) is 32.0 Å². The number of hydrogen-bond acceptors (Lipinski definition) is 3. The molecule has 0 saturated carbocycles. The fraction of sp³-hybridized carbons (Fsp3) is 0.444. The van der Waals surface area contributed by atoms with Gasteiger partial charge in [0.25, 0.3) is 0 Å². The maximum Gasteiger partial charge on any atom is 0.222 e. The largest absolute Gasteiger partial charge is 0.459 e. The number of aliphatic imine (C=N–C) groups is 1. The molecular formula is C18H27IN4O2. The average molecular weight is 458 g/mol. The standard InChI is InChI=1S/C18H26N4O2.HI/c1-12(2)17(23)20-9-10-21-18(19-4)22-11-16-13(3)14-7-5-6-8-15(14)24-16;/h5-8,12H,9-11H2,1-4H3,(H,20,23)(H2,19,21,22);1H. The normalized spacial score (nSPS) is 11.3. The Morgan fingerprint density at radius 3 is 2.48 bits per heavy atom. The molecule has 0 spiro atoms. The number of carbonyl (C=O) groups excluding carboxylic acids is 1. The molecule has 0 fully saturated rings. The number of rotatable bonds is 6. The zero-order valence-electron chi connectivity index (χ0n) is 15.2. The van der Waals surface area contributed by atoms with Crippen LogP contribution in [0, 0.1) is 12.8 Å². The lowest BCUT2D eigenvalue weighted by atomic mass is 10.1. The van der Waals surface area contributed by atoms with Crippen LogP contribution in [-0.2, 0) is 11.3 Å². The Bertz CT molecular complexity index is 725. The molecule has 0 aliphatic carbocycles. The van der Waals surface area contributed by atoms with Crippen molar-refractivity contribution in [3.63, 3.8) is 0 Å². The monoisotopic (exact) mass is 458 g/mol. The van der Waals surface area contributed by atoms with Crippen LogP contribution in [0.2, 0.25) is 0 Å². The Balaban J connectivity index is 0.00000312. The maximum absolute atomic E-state index is 11.5. The number of nitrogens with zero attached hydrogens (tertiary/aromatic N) is 1. The molecule has 0 bridgehead atoms. The van der Waals surface area contributed by atoms with Crippen molar-refractivity contribution in [1.29, 1.82) is 0 Å². The number of furan rings is 1. The van der Waals surface area contributed by atoms with Crippen LogP contribution in [0.4, 0.5) is 0 Å². The molecular weight excluding hydrogens is 431 g/mol. The van der Waals surface area contributed by atoms with Crippen LogP contribution < -0.4 is 16.0 Å². The first-order chi connectivity index (χ1) is 11.5. The van der Waals surface area contributed by atoms with E-state index in [-0.39, 0.29) is 35.8 Å². The molecule has 1 aromatic heterocycles. The molecule has 6 nitrogen and oxygen atoms in total. The average Bonchev–Trinajstić information content (AvgIpc) is 2.90. The van der Waals surface area contributed by atoms with Gasteiger partial charge in [-0.15, -0.1) is 24.0 Å². The number of para-hydroxylation sites is 1. The Hall–Kier alpha value is -1.77. The molecule has 138 valence electrons. The van der Waals surface area contributed by atoms with Crippen molar-refractivity contribution in [2.24, 2.45) is 10.9 Å². The minimum absolute atomic E-state index is 0.